The topological polar surface area (TPSA) is 93.2 Å². The Balaban J connectivity index is 1.31. The first-order chi connectivity index (χ1) is 16.3. The zero-order valence-corrected chi connectivity index (χ0v) is 21.4. The molecule has 4 rings (SSSR count). The molecule has 0 radical (unpaired) electrons. The Morgan fingerprint density at radius 3 is 2.62 bits per heavy atom. The lowest BCUT2D eigenvalue weighted by molar-refractivity contribution is 0.0531. The van der Waals surface area contributed by atoms with Crippen molar-refractivity contribution in [1.29, 1.82) is 0 Å². The first-order valence-electron chi connectivity index (χ1n) is 10.6. The van der Waals surface area contributed by atoms with Crippen LogP contribution in [-0.4, -0.2) is 39.9 Å². The fourth-order valence-corrected chi connectivity index (χ4v) is 5.61. The molecule has 4 aromatic rings. The number of carbonyl (C=O) groups excluding carboxylic acids is 2. The zero-order chi connectivity index (χ0) is 24.1. The summed E-state index contributed by atoms with van der Waals surface area (Å²) < 4.78 is 6.96. The third-order valence-corrected chi connectivity index (χ3v) is 7.38. The Bertz CT molecular complexity index is 1300. The minimum absolute atomic E-state index is 0.294. The molecule has 2 N–H and O–H groups in total. The summed E-state index contributed by atoms with van der Waals surface area (Å²) in [5.41, 5.74) is 2.90. The highest BCUT2D eigenvalue weighted by molar-refractivity contribution is 8.01. The fraction of sp³-hybridized carbons (Fsp3) is 0.250. The van der Waals surface area contributed by atoms with E-state index in [1.54, 1.807) is 5.38 Å². The molecular weight excluding hydrogens is 488 g/mol. The molecule has 0 unspecified atom stereocenters. The lowest BCUT2D eigenvalue weighted by atomic mass is 10.1. The maximum absolute atomic E-state index is 12.7. The van der Waals surface area contributed by atoms with Gasteiger partial charge in [-0.1, -0.05) is 59.5 Å². The summed E-state index contributed by atoms with van der Waals surface area (Å²) in [4.78, 5) is 33.3. The molecule has 176 valence electrons. The van der Waals surface area contributed by atoms with E-state index in [9.17, 15) is 9.59 Å². The molecule has 34 heavy (non-hydrogen) atoms. The monoisotopic (exact) mass is 512 g/mol. The van der Waals surface area contributed by atoms with Crippen LogP contribution < -0.4 is 10.6 Å². The molecule has 0 saturated carbocycles. The summed E-state index contributed by atoms with van der Waals surface area (Å²) in [7, 11) is 0. The van der Waals surface area contributed by atoms with Crippen molar-refractivity contribution >= 4 is 61.8 Å². The number of alkyl carbamates (subject to hydrolysis) is 1. The van der Waals surface area contributed by atoms with Crippen molar-refractivity contribution < 1.29 is 14.3 Å². The highest BCUT2D eigenvalue weighted by Crippen LogP contribution is 2.31. The highest BCUT2D eigenvalue weighted by atomic mass is 32.2. The molecule has 0 fully saturated rings. The van der Waals surface area contributed by atoms with E-state index in [0.29, 0.717) is 23.1 Å². The number of hydrogen-bond acceptors (Lipinski definition) is 8. The van der Waals surface area contributed by atoms with Crippen LogP contribution in [0, 0.1) is 0 Å². The average molecular weight is 513 g/mol. The molecule has 0 bridgehead atoms. The molecule has 2 aromatic heterocycles. The van der Waals surface area contributed by atoms with Gasteiger partial charge in [-0.2, -0.15) is 0 Å². The Kier molecular flexibility index (Phi) is 7.50. The number of rotatable bonds is 7. The Morgan fingerprint density at radius 2 is 1.85 bits per heavy atom. The molecule has 0 saturated heterocycles. The van der Waals surface area contributed by atoms with E-state index in [-0.39, 0.29) is 5.91 Å². The van der Waals surface area contributed by atoms with Gasteiger partial charge >= 0.3 is 6.09 Å². The maximum Gasteiger partial charge on any atom is 0.407 e. The van der Waals surface area contributed by atoms with Crippen LogP contribution in [-0.2, 0) is 4.74 Å². The number of benzene rings is 2. The van der Waals surface area contributed by atoms with Gasteiger partial charge in [0.2, 0.25) is 0 Å². The second kappa shape index (κ2) is 10.5. The molecular formula is C24H24N4O3S3. The highest BCUT2D eigenvalue weighted by Gasteiger charge is 2.16. The van der Waals surface area contributed by atoms with Gasteiger partial charge in [0.15, 0.2) is 9.47 Å². The smallest absolute Gasteiger partial charge is 0.407 e. The number of fused-ring (bicyclic) bond motifs is 1. The molecule has 0 aliphatic carbocycles. The van der Waals surface area contributed by atoms with Gasteiger partial charge in [-0.05, 0) is 44.0 Å². The van der Waals surface area contributed by atoms with Crippen molar-refractivity contribution in [2.24, 2.45) is 0 Å². The summed E-state index contributed by atoms with van der Waals surface area (Å²) in [6.07, 6.45) is -0.445. The molecule has 0 aliphatic heterocycles. The van der Waals surface area contributed by atoms with Crippen molar-refractivity contribution in [3.63, 3.8) is 0 Å². The fourth-order valence-electron chi connectivity index (χ4n) is 2.98. The lowest BCUT2D eigenvalue weighted by Crippen LogP contribution is -2.33. The summed E-state index contributed by atoms with van der Waals surface area (Å²) in [6.45, 7) is 5.90. The van der Waals surface area contributed by atoms with Crippen LogP contribution in [0.15, 0.2) is 58.3 Å². The van der Waals surface area contributed by atoms with E-state index < -0.39 is 11.7 Å². The van der Waals surface area contributed by atoms with E-state index in [4.69, 9.17) is 4.74 Å². The van der Waals surface area contributed by atoms with E-state index >= 15 is 0 Å². The Labute approximate surface area is 210 Å². The Hall–Kier alpha value is -2.95. The van der Waals surface area contributed by atoms with Crippen LogP contribution in [0.3, 0.4) is 0 Å². The normalized spacial score (nSPS) is 11.4. The number of aromatic nitrogens is 2. The third kappa shape index (κ3) is 6.55. The predicted octanol–water partition coefficient (Wildman–Crippen LogP) is 6.29. The van der Waals surface area contributed by atoms with E-state index in [2.05, 4.69) is 38.8 Å². The van der Waals surface area contributed by atoms with E-state index in [1.165, 1.54) is 34.4 Å². The second-order valence-corrected chi connectivity index (χ2v) is 11.5. The van der Waals surface area contributed by atoms with E-state index in [0.717, 1.165) is 25.7 Å². The number of nitrogens with zero attached hydrogens (tertiary/aromatic N) is 2. The molecule has 0 aliphatic rings. The number of thiazole rings is 2. The van der Waals surface area contributed by atoms with Gasteiger partial charge in [-0.3, -0.25) is 10.1 Å². The SMILES string of the molecule is CC(C)(C)OC(=O)NCCSc1nc(C(=O)Nc2nc3ccc(-c4ccccc4)cc3s2)cs1. The van der Waals surface area contributed by atoms with Crippen LogP contribution in [0.25, 0.3) is 21.3 Å². The van der Waals surface area contributed by atoms with Gasteiger partial charge in [0.05, 0.1) is 10.2 Å². The first kappa shape index (κ1) is 24.2. The van der Waals surface area contributed by atoms with Crippen LogP contribution in [0.4, 0.5) is 9.93 Å². The predicted molar refractivity (Wildman–Crippen MR) is 140 cm³/mol. The van der Waals surface area contributed by atoms with Crippen LogP contribution in [0.1, 0.15) is 31.3 Å². The third-order valence-electron chi connectivity index (χ3n) is 4.43. The first-order valence-corrected chi connectivity index (χ1v) is 13.3. The lowest BCUT2D eigenvalue weighted by Gasteiger charge is -2.19. The van der Waals surface area contributed by atoms with Crippen LogP contribution in [0.5, 0.6) is 0 Å². The quantitative estimate of drug-likeness (QED) is 0.223. The molecule has 2 amide bonds. The molecule has 10 heteroatoms. The molecule has 0 atom stereocenters. The number of hydrogen-bond donors (Lipinski definition) is 2. The minimum Gasteiger partial charge on any atom is -0.444 e. The summed E-state index contributed by atoms with van der Waals surface area (Å²) in [5, 5.41) is 7.82. The Morgan fingerprint density at radius 1 is 1.06 bits per heavy atom. The van der Waals surface area contributed by atoms with Crippen molar-refractivity contribution in [3.05, 3.63) is 59.6 Å². The van der Waals surface area contributed by atoms with Crippen molar-refractivity contribution in [3.8, 4) is 11.1 Å². The van der Waals surface area contributed by atoms with E-state index in [1.807, 2.05) is 51.1 Å². The van der Waals surface area contributed by atoms with Gasteiger partial charge in [-0.15, -0.1) is 11.3 Å². The number of anilines is 1. The van der Waals surface area contributed by atoms with Crippen molar-refractivity contribution in [2.45, 2.75) is 30.7 Å². The number of carbonyl (C=O) groups is 2. The molecule has 0 spiro atoms. The molecule has 2 aromatic carbocycles. The standard InChI is InChI=1S/C24H24N4O3S3/c1-24(2,3)31-22(30)25-11-12-32-23-27-18(14-33-23)20(29)28-21-26-17-10-9-16(13-19(17)34-21)15-7-5-4-6-8-15/h4-10,13-14H,11-12H2,1-3H3,(H,25,30)(H,26,28,29). The summed E-state index contributed by atoms with van der Waals surface area (Å²) in [5.74, 6) is 0.326. The summed E-state index contributed by atoms with van der Waals surface area (Å²) in [6, 6.07) is 16.2. The minimum atomic E-state index is -0.526. The summed E-state index contributed by atoms with van der Waals surface area (Å²) >= 11 is 4.30. The molecule has 2 heterocycles. The van der Waals surface area contributed by atoms with Crippen LogP contribution >= 0.6 is 34.4 Å². The number of ether oxygens (including phenoxy) is 1. The van der Waals surface area contributed by atoms with Crippen LogP contribution in [0.2, 0.25) is 0 Å². The van der Waals surface area contributed by atoms with Gasteiger partial charge in [-0.25, -0.2) is 14.8 Å². The van der Waals surface area contributed by atoms with Gasteiger partial charge < -0.3 is 10.1 Å². The average Bonchev–Trinajstić information content (AvgIpc) is 3.42. The zero-order valence-electron chi connectivity index (χ0n) is 19.0. The van der Waals surface area contributed by atoms with Crippen molar-refractivity contribution in [2.75, 3.05) is 17.6 Å². The van der Waals surface area contributed by atoms with Gasteiger partial charge in [0.25, 0.3) is 5.91 Å². The number of nitrogens with one attached hydrogen (secondary N) is 2. The number of amides is 2. The number of thioether (sulfide) groups is 1. The molecule has 7 nitrogen and oxygen atoms in total. The van der Waals surface area contributed by atoms with Gasteiger partial charge in [0, 0.05) is 17.7 Å². The maximum atomic E-state index is 12.7. The largest absolute Gasteiger partial charge is 0.444 e. The van der Waals surface area contributed by atoms with Gasteiger partial charge in [0.1, 0.15) is 11.3 Å². The second-order valence-electron chi connectivity index (χ2n) is 8.30. The van der Waals surface area contributed by atoms with Crippen molar-refractivity contribution in [1.82, 2.24) is 15.3 Å².